The minimum atomic E-state index is 0.0754. The van der Waals surface area contributed by atoms with Crippen LogP contribution in [0.3, 0.4) is 0 Å². The Balaban J connectivity index is 1.25. The number of likely N-dealkylation sites (N-methyl/N-ethyl adjacent to an activating group) is 1. The van der Waals surface area contributed by atoms with Crippen LogP contribution in [0.5, 0.6) is 0 Å². The van der Waals surface area contributed by atoms with Crippen LogP contribution in [0.15, 0.2) is 12.4 Å². The van der Waals surface area contributed by atoms with Gasteiger partial charge in [-0.15, -0.1) is 0 Å². The molecule has 0 spiro atoms. The Hall–Kier alpha value is -1.60. The summed E-state index contributed by atoms with van der Waals surface area (Å²) in [6.07, 6.45) is 9.25. The molecule has 0 radical (unpaired) electrons. The maximum Gasteiger partial charge on any atom is 0.324 e. The van der Waals surface area contributed by atoms with Crippen molar-refractivity contribution < 1.29 is 4.79 Å². The van der Waals surface area contributed by atoms with E-state index in [2.05, 4.69) is 21.9 Å². The van der Waals surface area contributed by atoms with E-state index >= 15 is 0 Å². The summed E-state index contributed by atoms with van der Waals surface area (Å²) in [6, 6.07) is 1.29. The van der Waals surface area contributed by atoms with E-state index in [0.717, 1.165) is 37.9 Å². The van der Waals surface area contributed by atoms with Gasteiger partial charge in [0.25, 0.3) is 0 Å². The van der Waals surface area contributed by atoms with Crippen LogP contribution in [0.4, 0.5) is 10.5 Å². The Morgan fingerprint density at radius 1 is 1.16 bits per heavy atom. The van der Waals surface area contributed by atoms with Gasteiger partial charge in [-0.3, -0.25) is 14.5 Å². The average Bonchev–Trinajstić information content (AvgIpc) is 3.16. The third kappa shape index (κ3) is 3.40. The number of carbonyl (C=O) groups is 1. The predicted octanol–water partition coefficient (Wildman–Crippen LogP) is 1.49. The van der Waals surface area contributed by atoms with Crippen LogP contribution in [-0.2, 0) is 0 Å². The number of aromatic nitrogens is 2. The lowest BCUT2D eigenvalue weighted by atomic mass is 9.99. The molecule has 4 rings (SSSR count). The van der Waals surface area contributed by atoms with E-state index in [-0.39, 0.29) is 6.03 Å². The second-order valence-corrected chi connectivity index (χ2v) is 7.87. The molecule has 3 aliphatic rings. The smallest absolute Gasteiger partial charge is 0.324 e. The Kier molecular flexibility index (Phi) is 4.69. The van der Waals surface area contributed by atoms with Gasteiger partial charge in [-0.2, -0.15) is 5.10 Å². The van der Waals surface area contributed by atoms with Crippen LogP contribution < -0.4 is 4.90 Å². The van der Waals surface area contributed by atoms with E-state index in [4.69, 9.17) is 0 Å². The van der Waals surface area contributed by atoms with Crippen LogP contribution in [0.2, 0.25) is 0 Å². The molecule has 7 heteroatoms. The Labute approximate surface area is 150 Å². The van der Waals surface area contributed by atoms with E-state index in [1.54, 1.807) is 4.90 Å². The molecule has 1 unspecified atom stereocenters. The molecular formula is C18H30N6O. The fourth-order valence-corrected chi connectivity index (χ4v) is 4.29. The van der Waals surface area contributed by atoms with Gasteiger partial charge in [0.2, 0.25) is 0 Å². The van der Waals surface area contributed by atoms with Crippen molar-refractivity contribution in [2.45, 2.75) is 37.8 Å². The second-order valence-electron chi connectivity index (χ2n) is 7.87. The van der Waals surface area contributed by atoms with Gasteiger partial charge in [0, 0.05) is 45.5 Å². The monoisotopic (exact) mass is 346 g/mol. The molecule has 3 fully saturated rings. The number of amides is 2. The maximum atomic E-state index is 12.1. The fraction of sp³-hybridized carbons (Fsp3) is 0.778. The van der Waals surface area contributed by atoms with Crippen LogP contribution in [0.1, 0.15) is 31.7 Å². The Bertz CT molecular complexity index is 610. The standard InChI is InChI=1S/C18H30N6O/c1-20-7-4-3-5-15(20)6-8-22-12-17(13-22)24-14-16(11-19-24)23-10-9-21(2)18(23)25/h11,14-15,17H,3-10,12-13H2,1-2H3. The van der Waals surface area contributed by atoms with E-state index in [9.17, 15) is 4.79 Å². The van der Waals surface area contributed by atoms with Gasteiger partial charge < -0.3 is 9.80 Å². The lowest BCUT2D eigenvalue weighted by Gasteiger charge is -2.41. The van der Waals surface area contributed by atoms with E-state index < -0.39 is 0 Å². The minimum absolute atomic E-state index is 0.0754. The number of rotatable bonds is 5. The quantitative estimate of drug-likeness (QED) is 0.810. The molecule has 3 aliphatic heterocycles. The number of anilines is 1. The number of likely N-dealkylation sites (tertiary alicyclic amines) is 2. The third-order valence-corrected chi connectivity index (χ3v) is 6.13. The number of nitrogens with zero attached hydrogens (tertiary/aromatic N) is 6. The summed E-state index contributed by atoms with van der Waals surface area (Å²) in [5, 5.41) is 4.51. The lowest BCUT2D eigenvalue weighted by molar-refractivity contribution is 0.0787. The summed E-state index contributed by atoms with van der Waals surface area (Å²) in [5.41, 5.74) is 0.927. The highest BCUT2D eigenvalue weighted by Crippen LogP contribution is 2.26. The zero-order chi connectivity index (χ0) is 17.4. The first kappa shape index (κ1) is 16.8. The first-order valence-corrected chi connectivity index (χ1v) is 9.61. The molecule has 1 atom stereocenters. The molecule has 0 bridgehead atoms. The summed E-state index contributed by atoms with van der Waals surface area (Å²) in [5.74, 6) is 0. The molecule has 1 aromatic heterocycles. The summed E-state index contributed by atoms with van der Waals surface area (Å²) in [7, 11) is 4.12. The number of hydrogen-bond donors (Lipinski definition) is 0. The van der Waals surface area contributed by atoms with E-state index in [0.29, 0.717) is 6.04 Å². The van der Waals surface area contributed by atoms with Crippen molar-refractivity contribution in [2.75, 3.05) is 58.3 Å². The van der Waals surface area contributed by atoms with Crippen molar-refractivity contribution >= 4 is 11.7 Å². The molecule has 7 nitrogen and oxygen atoms in total. The van der Waals surface area contributed by atoms with Gasteiger partial charge in [0.05, 0.1) is 17.9 Å². The zero-order valence-electron chi connectivity index (χ0n) is 15.5. The number of carbonyl (C=O) groups excluding carboxylic acids is 1. The molecule has 0 saturated carbocycles. The van der Waals surface area contributed by atoms with Crippen LogP contribution in [0, 0.1) is 0 Å². The SMILES string of the molecule is CN1CCN(c2cnn(C3CN(CCC4CCCCN4C)C3)c2)C1=O. The lowest BCUT2D eigenvalue weighted by Crippen LogP contribution is -2.49. The van der Waals surface area contributed by atoms with Crippen molar-refractivity contribution in [3.8, 4) is 0 Å². The highest BCUT2D eigenvalue weighted by atomic mass is 16.2. The Morgan fingerprint density at radius 3 is 2.72 bits per heavy atom. The number of urea groups is 1. The predicted molar refractivity (Wildman–Crippen MR) is 98.0 cm³/mol. The molecule has 138 valence electrons. The van der Waals surface area contributed by atoms with Gasteiger partial charge in [-0.25, -0.2) is 4.79 Å². The first-order chi connectivity index (χ1) is 12.1. The number of hydrogen-bond acceptors (Lipinski definition) is 4. The zero-order valence-corrected chi connectivity index (χ0v) is 15.5. The normalized spacial score (nSPS) is 26.5. The topological polar surface area (TPSA) is 47.9 Å². The minimum Gasteiger partial charge on any atom is -0.326 e. The van der Waals surface area contributed by atoms with Crippen molar-refractivity contribution in [1.82, 2.24) is 24.5 Å². The largest absolute Gasteiger partial charge is 0.326 e. The van der Waals surface area contributed by atoms with E-state index in [1.165, 1.54) is 38.8 Å². The summed E-state index contributed by atoms with van der Waals surface area (Å²) in [6.45, 7) is 6.14. The van der Waals surface area contributed by atoms with Crippen molar-refractivity contribution in [2.24, 2.45) is 0 Å². The molecular weight excluding hydrogens is 316 g/mol. The molecule has 3 saturated heterocycles. The molecule has 2 amide bonds. The molecule has 1 aromatic rings. The van der Waals surface area contributed by atoms with Gasteiger partial charge in [-0.05, 0) is 39.4 Å². The average molecular weight is 346 g/mol. The first-order valence-electron chi connectivity index (χ1n) is 9.61. The summed E-state index contributed by atoms with van der Waals surface area (Å²) >= 11 is 0. The number of piperidine rings is 1. The highest BCUT2D eigenvalue weighted by molar-refractivity contribution is 5.93. The molecule has 4 heterocycles. The highest BCUT2D eigenvalue weighted by Gasteiger charge is 2.32. The molecule has 25 heavy (non-hydrogen) atoms. The van der Waals surface area contributed by atoms with Crippen LogP contribution in [0.25, 0.3) is 0 Å². The van der Waals surface area contributed by atoms with Crippen molar-refractivity contribution in [1.29, 1.82) is 0 Å². The van der Waals surface area contributed by atoms with Crippen LogP contribution >= 0.6 is 0 Å². The van der Waals surface area contributed by atoms with Gasteiger partial charge in [-0.1, -0.05) is 6.42 Å². The Morgan fingerprint density at radius 2 is 2.00 bits per heavy atom. The van der Waals surface area contributed by atoms with Crippen molar-refractivity contribution in [3.05, 3.63) is 12.4 Å². The summed E-state index contributed by atoms with van der Waals surface area (Å²) < 4.78 is 2.05. The second kappa shape index (κ2) is 6.96. The van der Waals surface area contributed by atoms with Gasteiger partial charge in [0.1, 0.15) is 0 Å². The van der Waals surface area contributed by atoms with Crippen molar-refractivity contribution in [3.63, 3.8) is 0 Å². The van der Waals surface area contributed by atoms with Crippen LogP contribution in [-0.4, -0.2) is 89.9 Å². The van der Waals surface area contributed by atoms with Gasteiger partial charge in [0.15, 0.2) is 0 Å². The van der Waals surface area contributed by atoms with E-state index in [1.807, 2.05) is 29.0 Å². The maximum absolute atomic E-state index is 12.1. The molecule has 0 aromatic carbocycles. The fourth-order valence-electron chi connectivity index (χ4n) is 4.29. The van der Waals surface area contributed by atoms with Gasteiger partial charge >= 0.3 is 6.03 Å². The molecule has 0 N–H and O–H groups in total. The molecule has 0 aliphatic carbocycles. The summed E-state index contributed by atoms with van der Waals surface area (Å²) in [4.78, 5) is 20.7. The third-order valence-electron chi connectivity index (χ3n) is 6.13.